The van der Waals surface area contributed by atoms with E-state index < -0.39 is 0 Å². The SMILES string of the molecule is Cc1cc(CN2CCN(C(=O)CC3CNCCO3)CC2)on1.Cl.Cl. The highest BCUT2D eigenvalue weighted by Crippen LogP contribution is 2.12. The van der Waals surface area contributed by atoms with Crippen LogP contribution in [0.25, 0.3) is 0 Å². The molecule has 1 amide bonds. The van der Waals surface area contributed by atoms with Gasteiger partial charge < -0.3 is 19.5 Å². The van der Waals surface area contributed by atoms with E-state index in [9.17, 15) is 4.79 Å². The number of hydrogen-bond acceptors (Lipinski definition) is 6. The fourth-order valence-electron chi connectivity index (χ4n) is 2.94. The summed E-state index contributed by atoms with van der Waals surface area (Å²) in [5.41, 5.74) is 0.907. The Balaban J connectivity index is 0.00000144. The highest BCUT2D eigenvalue weighted by atomic mass is 35.5. The van der Waals surface area contributed by atoms with Crippen molar-refractivity contribution in [3.8, 4) is 0 Å². The molecule has 138 valence electrons. The van der Waals surface area contributed by atoms with Gasteiger partial charge in [-0.2, -0.15) is 0 Å². The maximum absolute atomic E-state index is 12.3. The number of carbonyl (C=O) groups excluding carboxylic acids is 1. The average molecular weight is 381 g/mol. The first-order chi connectivity index (χ1) is 10.7. The first kappa shape index (κ1) is 21.2. The Kier molecular flexibility index (Phi) is 9.01. The number of amides is 1. The van der Waals surface area contributed by atoms with E-state index in [1.807, 2.05) is 17.9 Å². The molecule has 1 atom stereocenters. The minimum absolute atomic E-state index is 0. The molecule has 2 aliphatic rings. The van der Waals surface area contributed by atoms with Crippen LogP contribution in [0.4, 0.5) is 0 Å². The van der Waals surface area contributed by atoms with E-state index in [1.54, 1.807) is 0 Å². The topological polar surface area (TPSA) is 70.8 Å². The van der Waals surface area contributed by atoms with Crippen molar-refractivity contribution < 1.29 is 14.1 Å². The average Bonchev–Trinajstić information content (AvgIpc) is 2.94. The second kappa shape index (κ2) is 10.2. The minimum atomic E-state index is 0. The molecule has 2 fully saturated rings. The quantitative estimate of drug-likeness (QED) is 0.834. The molecule has 1 N–H and O–H groups in total. The van der Waals surface area contributed by atoms with Crippen molar-refractivity contribution >= 4 is 30.7 Å². The molecular weight excluding hydrogens is 355 g/mol. The third kappa shape index (κ3) is 5.89. The van der Waals surface area contributed by atoms with Gasteiger partial charge in [0.15, 0.2) is 5.76 Å². The molecule has 2 saturated heterocycles. The number of hydrogen-bond donors (Lipinski definition) is 1. The number of aryl methyl sites for hydroxylation is 1. The molecule has 0 aromatic carbocycles. The number of halogens is 2. The summed E-state index contributed by atoms with van der Waals surface area (Å²) >= 11 is 0. The lowest BCUT2D eigenvalue weighted by molar-refractivity contribution is -0.136. The molecule has 3 heterocycles. The Morgan fingerprint density at radius 3 is 2.67 bits per heavy atom. The predicted molar refractivity (Wildman–Crippen MR) is 94.8 cm³/mol. The van der Waals surface area contributed by atoms with Crippen LogP contribution in [0.5, 0.6) is 0 Å². The Labute approximate surface area is 154 Å². The van der Waals surface area contributed by atoms with E-state index in [0.29, 0.717) is 13.0 Å². The van der Waals surface area contributed by atoms with Crippen LogP contribution in [0.15, 0.2) is 10.6 Å². The smallest absolute Gasteiger partial charge is 0.225 e. The van der Waals surface area contributed by atoms with E-state index in [-0.39, 0.29) is 36.8 Å². The summed E-state index contributed by atoms with van der Waals surface area (Å²) in [6, 6.07) is 1.96. The molecule has 9 heteroatoms. The van der Waals surface area contributed by atoms with Gasteiger partial charge in [0.05, 0.1) is 31.4 Å². The number of nitrogens with zero attached hydrogens (tertiary/aromatic N) is 3. The van der Waals surface area contributed by atoms with Crippen molar-refractivity contribution in [1.82, 2.24) is 20.3 Å². The first-order valence-corrected chi connectivity index (χ1v) is 7.95. The summed E-state index contributed by atoms with van der Waals surface area (Å²) in [5, 5.41) is 7.16. The van der Waals surface area contributed by atoms with Gasteiger partial charge in [-0.1, -0.05) is 5.16 Å². The van der Waals surface area contributed by atoms with Crippen molar-refractivity contribution in [3.05, 3.63) is 17.5 Å². The fraction of sp³-hybridized carbons (Fsp3) is 0.733. The van der Waals surface area contributed by atoms with Gasteiger partial charge >= 0.3 is 0 Å². The van der Waals surface area contributed by atoms with Crippen molar-refractivity contribution in [2.45, 2.75) is 26.0 Å². The molecule has 0 bridgehead atoms. The number of carbonyl (C=O) groups is 1. The van der Waals surface area contributed by atoms with Crippen LogP contribution in [0.2, 0.25) is 0 Å². The summed E-state index contributed by atoms with van der Waals surface area (Å²) in [6.45, 7) is 8.32. The number of nitrogens with one attached hydrogen (secondary N) is 1. The van der Waals surface area contributed by atoms with E-state index in [0.717, 1.165) is 57.3 Å². The molecule has 3 rings (SSSR count). The molecule has 1 aromatic heterocycles. The van der Waals surface area contributed by atoms with Crippen LogP contribution in [-0.2, 0) is 16.1 Å². The zero-order valence-electron chi connectivity index (χ0n) is 13.9. The normalized spacial score (nSPS) is 21.7. The Morgan fingerprint density at radius 2 is 2.08 bits per heavy atom. The van der Waals surface area contributed by atoms with E-state index >= 15 is 0 Å². The van der Waals surface area contributed by atoms with E-state index in [1.165, 1.54) is 0 Å². The standard InChI is InChI=1S/C15H24N4O3.2ClH/c1-12-8-14(22-17-12)11-18-3-5-19(6-4-18)15(20)9-13-10-16-2-7-21-13;;/h8,13,16H,2-7,9-11H2,1H3;2*1H. The molecule has 1 aromatic rings. The van der Waals surface area contributed by atoms with Crippen LogP contribution >= 0.6 is 24.8 Å². The highest BCUT2D eigenvalue weighted by molar-refractivity contribution is 5.85. The number of morpholine rings is 1. The largest absolute Gasteiger partial charge is 0.375 e. The van der Waals surface area contributed by atoms with Crippen LogP contribution < -0.4 is 5.32 Å². The molecule has 0 spiro atoms. The zero-order chi connectivity index (χ0) is 15.4. The monoisotopic (exact) mass is 380 g/mol. The molecule has 0 radical (unpaired) electrons. The lowest BCUT2D eigenvalue weighted by Crippen LogP contribution is -2.50. The van der Waals surface area contributed by atoms with Crippen molar-refractivity contribution in [1.29, 1.82) is 0 Å². The Hall–Kier alpha value is -0.860. The Bertz CT molecular complexity index is 501. The van der Waals surface area contributed by atoms with Crippen molar-refractivity contribution in [2.24, 2.45) is 0 Å². The summed E-state index contributed by atoms with van der Waals surface area (Å²) < 4.78 is 10.8. The van der Waals surface area contributed by atoms with E-state index in [2.05, 4.69) is 15.4 Å². The van der Waals surface area contributed by atoms with Gasteiger partial charge in [0, 0.05) is 45.3 Å². The third-order valence-electron chi connectivity index (χ3n) is 4.19. The fourth-order valence-corrected chi connectivity index (χ4v) is 2.94. The van der Waals surface area contributed by atoms with Crippen LogP contribution in [-0.4, -0.2) is 72.8 Å². The third-order valence-corrected chi connectivity index (χ3v) is 4.19. The molecule has 0 aliphatic carbocycles. The summed E-state index contributed by atoms with van der Waals surface area (Å²) in [4.78, 5) is 16.5. The first-order valence-electron chi connectivity index (χ1n) is 7.95. The van der Waals surface area contributed by atoms with Crippen LogP contribution in [0, 0.1) is 6.92 Å². The number of aromatic nitrogens is 1. The van der Waals surface area contributed by atoms with Gasteiger partial charge in [0.1, 0.15) is 0 Å². The maximum atomic E-state index is 12.3. The Morgan fingerprint density at radius 1 is 1.33 bits per heavy atom. The van der Waals surface area contributed by atoms with Crippen LogP contribution in [0.1, 0.15) is 17.9 Å². The van der Waals surface area contributed by atoms with Gasteiger partial charge in [-0.3, -0.25) is 9.69 Å². The summed E-state index contributed by atoms with van der Waals surface area (Å²) in [6.07, 6.45) is 0.505. The van der Waals surface area contributed by atoms with Gasteiger partial charge in [-0.05, 0) is 6.92 Å². The second-order valence-corrected chi connectivity index (χ2v) is 5.99. The molecule has 1 unspecified atom stereocenters. The maximum Gasteiger partial charge on any atom is 0.225 e. The summed E-state index contributed by atoms with van der Waals surface area (Å²) in [5.74, 6) is 1.09. The second-order valence-electron chi connectivity index (χ2n) is 5.99. The molecule has 0 saturated carbocycles. The van der Waals surface area contributed by atoms with Gasteiger partial charge in [-0.25, -0.2) is 0 Å². The van der Waals surface area contributed by atoms with E-state index in [4.69, 9.17) is 9.26 Å². The molecular formula is C15H26Cl2N4O3. The molecule has 2 aliphatic heterocycles. The van der Waals surface area contributed by atoms with Gasteiger partial charge in [0.25, 0.3) is 0 Å². The lowest BCUT2D eigenvalue weighted by atomic mass is 10.2. The van der Waals surface area contributed by atoms with Crippen molar-refractivity contribution in [2.75, 3.05) is 45.9 Å². The van der Waals surface area contributed by atoms with Gasteiger partial charge in [0.2, 0.25) is 5.91 Å². The molecule has 24 heavy (non-hydrogen) atoms. The minimum Gasteiger partial charge on any atom is -0.375 e. The number of ether oxygens (including phenoxy) is 1. The van der Waals surface area contributed by atoms with Crippen LogP contribution in [0.3, 0.4) is 0 Å². The highest BCUT2D eigenvalue weighted by Gasteiger charge is 2.25. The summed E-state index contributed by atoms with van der Waals surface area (Å²) in [7, 11) is 0. The predicted octanol–water partition coefficient (Wildman–Crippen LogP) is 0.849. The zero-order valence-corrected chi connectivity index (χ0v) is 15.5. The number of rotatable bonds is 4. The number of piperazine rings is 1. The van der Waals surface area contributed by atoms with Crippen molar-refractivity contribution in [3.63, 3.8) is 0 Å². The lowest BCUT2D eigenvalue weighted by Gasteiger charge is -2.35. The van der Waals surface area contributed by atoms with Gasteiger partial charge in [-0.15, -0.1) is 24.8 Å². The molecule has 7 nitrogen and oxygen atoms in total.